The van der Waals surface area contributed by atoms with Crippen LogP contribution >= 0.6 is 0 Å². The maximum absolute atomic E-state index is 12.1. The summed E-state index contributed by atoms with van der Waals surface area (Å²) in [6.45, 7) is 2.47. The minimum Gasteiger partial charge on any atom is -0.422 e. The number of carbonyl (C=O) groups excluding carboxylic acids is 1. The lowest BCUT2D eigenvalue weighted by molar-refractivity contribution is -0.120. The third-order valence-corrected chi connectivity index (χ3v) is 3.47. The predicted molar refractivity (Wildman–Crippen MR) is 87.0 cm³/mol. The van der Waals surface area contributed by atoms with Crippen molar-refractivity contribution in [3.8, 4) is 0 Å². The molecule has 8 nitrogen and oxygen atoms in total. The lowest BCUT2D eigenvalue weighted by atomic mass is 10.0. The SMILES string of the molecule is Cc1c(CC(=O)NCCCN=[N+]=[N-])c(=O)oc2cc(N)ccc12. The number of hydrogen-bond donors (Lipinski definition) is 2. The van der Waals surface area contributed by atoms with Crippen LogP contribution in [0.25, 0.3) is 21.4 Å². The van der Waals surface area contributed by atoms with Crippen LogP contribution < -0.4 is 16.7 Å². The normalized spacial score (nSPS) is 10.3. The molecule has 1 aromatic heterocycles. The molecule has 0 saturated carbocycles. The van der Waals surface area contributed by atoms with E-state index in [-0.39, 0.29) is 12.3 Å². The van der Waals surface area contributed by atoms with Crippen LogP contribution in [0.15, 0.2) is 32.5 Å². The highest BCUT2D eigenvalue weighted by Gasteiger charge is 2.14. The summed E-state index contributed by atoms with van der Waals surface area (Å²) in [4.78, 5) is 26.6. The molecule has 1 aromatic carbocycles. The molecule has 0 radical (unpaired) electrons. The summed E-state index contributed by atoms with van der Waals surface area (Å²) in [6.07, 6.45) is 0.483. The molecule has 23 heavy (non-hydrogen) atoms. The van der Waals surface area contributed by atoms with Gasteiger partial charge in [-0.3, -0.25) is 4.79 Å². The van der Waals surface area contributed by atoms with E-state index in [4.69, 9.17) is 15.7 Å². The molecule has 2 rings (SSSR count). The Labute approximate surface area is 131 Å². The maximum atomic E-state index is 12.1. The van der Waals surface area contributed by atoms with E-state index in [1.54, 1.807) is 25.1 Å². The highest BCUT2D eigenvalue weighted by Crippen LogP contribution is 2.21. The number of nitrogens with two attached hydrogens (primary N) is 1. The number of aryl methyl sites for hydroxylation is 1. The second kappa shape index (κ2) is 7.33. The van der Waals surface area contributed by atoms with Crippen molar-refractivity contribution in [1.82, 2.24) is 5.32 Å². The Morgan fingerprint density at radius 3 is 3.00 bits per heavy atom. The van der Waals surface area contributed by atoms with Crippen LogP contribution in [0, 0.1) is 6.92 Å². The highest BCUT2D eigenvalue weighted by atomic mass is 16.4. The second-order valence-electron chi connectivity index (χ2n) is 5.08. The largest absolute Gasteiger partial charge is 0.422 e. The third kappa shape index (κ3) is 4.02. The lowest BCUT2D eigenvalue weighted by Gasteiger charge is -2.08. The number of nitrogens with zero attached hydrogens (tertiary/aromatic N) is 3. The Morgan fingerprint density at radius 1 is 1.48 bits per heavy atom. The molecule has 0 aliphatic heterocycles. The molecule has 120 valence electrons. The Hall–Kier alpha value is -2.99. The summed E-state index contributed by atoms with van der Waals surface area (Å²) >= 11 is 0. The highest BCUT2D eigenvalue weighted by molar-refractivity contribution is 5.86. The number of azide groups is 1. The summed E-state index contributed by atoms with van der Waals surface area (Å²) in [5.74, 6) is -0.281. The molecule has 0 saturated heterocycles. The molecule has 0 fully saturated rings. The first-order valence-corrected chi connectivity index (χ1v) is 7.12. The Bertz CT molecular complexity index is 837. The van der Waals surface area contributed by atoms with E-state index in [2.05, 4.69) is 15.3 Å². The van der Waals surface area contributed by atoms with Crippen LogP contribution in [0.3, 0.4) is 0 Å². The van der Waals surface area contributed by atoms with Gasteiger partial charge in [-0.05, 0) is 36.6 Å². The van der Waals surface area contributed by atoms with Gasteiger partial charge in [0, 0.05) is 35.1 Å². The van der Waals surface area contributed by atoms with Gasteiger partial charge >= 0.3 is 5.63 Å². The number of benzene rings is 1. The van der Waals surface area contributed by atoms with Gasteiger partial charge in [0.2, 0.25) is 5.91 Å². The first kappa shape index (κ1) is 16.4. The van der Waals surface area contributed by atoms with Gasteiger partial charge in [-0.1, -0.05) is 5.11 Å². The van der Waals surface area contributed by atoms with Crippen LogP contribution in [0.4, 0.5) is 5.69 Å². The molecular weight excluding hydrogens is 298 g/mol. The first-order valence-electron chi connectivity index (χ1n) is 7.12. The fraction of sp³-hybridized carbons (Fsp3) is 0.333. The van der Waals surface area contributed by atoms with E-state index >= 15 is 0 Å². The van der Waals surface area contributed by atoms with Gasteiger partial charge in [0.1, 0.15) is 5.58 Å². The van der Waals surface area contributed by atoms with E-state index in [9.17, 15) is 9.59 Å². The quantitative estimate of drug-likeness (QED) is 0.210. The number of amides is 1. The van der Waals surface area contributed by atoms with E-state index in [1.807, 2.05) is 0 Å². The van der Waals surface area contributed by atoms with Gasteiger partial charge in [0.15, 0.2) is 0 Å². The fourth-order valence-electron chi connectivity index (χ4n) is 2.26. The smallest absolute Gasteiger partial charge is 0.340 e. The molecule has 2 aromatic rings. The standard InChI is InChI=1S/C15H17N5O3/c1-9-11-4-3-10(16)7-13(11)23-15(22)12(9)8-14(21)18-5-2-6-19-20-17/h3-4,7H,2,5-6,8,16H2,1H3,(H,18,21). The molecule has 0 unspecified atom stereocenters. The number of nitrogen functional groups attached to an aromatic ring is 1. The molecule has 0 bridgehead atoms. The summed E-state index contributed by atoms with van der Waals surface area (Å²) < 4.78 is 5.24. The first-order chi connectivity index (χ1) is 11.0. The molecule has 1 amide bonds. The van der Waals surface area contributed by atoms with Crippen LogP contribution in [0.5, 0.6) is 0 Å². The monoisotopic (exact) mass is 315 g/mol. The topological polar surface area (TPSA) is 134 Å². The fourth-order valence-corrected chi connectivity index (χ4v) is 2.26. The summed E-state index contributed by atoms with van der Waals surface area (Å²) in [5, 5.41) is 6.81. The predicted octanol–water partition coefficient (Wildman–Crippen LogP) is 2.04. The van der Waals surface area contributed by atoms with Crippen LogP contribution in [0.1, 0.15) is 17.5 Å². The van der Waals surface area contributed by atoms with Crippen LogP contribution in [-0.2, 0) is 11.2 Å². The number of anilines is 1. The molecule has 1 heterocycles. The molecule has 0 atom stereocenters. The van der Waals surface area contributed by atoms with Crippen molar-refractivity contribution < 1.29 is 9.21 Å². The van der Waals surface area contributed by atoms with Crippen molar-refractivity contribution in [2.24, 2.45) is 5.11 Å². The molecule has 0 aliphatic rings. The average Bonchev–Trinajstić information content (AvgIpc) is 2.51. The molecule has 8 heteroatoms. The van der Waals surface area contributed by atoms with E-state index in [0.29, 0.717) is 41.9 Å². The zero-order chi connectivity index (χ0) is 16.8. The number of hydrogen-bond acceptors (Lipinski definition) is 5. The molecular formula is C15H17N5O3. The summed E-state index contributed by atoms with van der Waals surface area (Å²) in [7, 11) is 0. The Balaban J connectivity index is 2.13. The van der Waals surface area contributed by atoms with Gasteiger partial charge in [-0.25, -0.2) is 4.79 Å². The van der Waals surface area contributed by atoms with E-state index in [0.717, 1.165) is 5.39 Å². The summed E-state index contributed by atoms with van der Waals surface area (Å²) in [5.41, 5.74) is 15.2. The maximum Gasteiger partial charge on any atom is 0.340 e. The summed E-state index contributed by atoms with van der Waals surface area (Å²) in [6, 6.07) is 5.07. The van der Waals surface area contributed by atoms with Crippen molar-refractivity contribution in [2.45, 2.75) is 19.8 Å². The van der Waals surface area contributed by atoms with Gasteiger partial charge in [0.05, 0.1) is 12.0 Å². The number of rotatable bonds is 6. The van der Waals surface area contributed by atoms with Crippen LogP contribution in [-0.4, -0.2) is 19.0 Å². The van der Waals surface area contributed by atoms with Gasteiger partial charge in [-0.15, -0.1) is 0 Å². The van der Waals surface area contributed by atoms with E-state index in [1.165, 1.54) is 0 Å². The van der Waals surface area contributed by atoms with Crippen molar-refractivity contribution in [1.29, 1.82) is 0 Å². The minimum absolute atomic E-state index is 0.0595. The lowest BCUT2D eigenvalue weighted by Crippen LogP contribution is -2.28. The Kier molecular flexibility index (Phi) is 5.22. The van der Waals surface area contributed by atoms with Crippen molar-refractivity contribution in [3.05, 3.63) is 50.2 Å². The van der Waals surface area contributed by atoms with Crippen LogP contribution in [0.2, 0.25) is 0 Å². The number of nitrogens with one attached hydrogen (secondary N) is 1. The second-order valence-corrected chi connectivity index (χ2v) is 5.08. The zero-order valence-corrected chi connectivity index (χ0v) is 12.7. The zero-order valence-electron chi connectivity index (χ0n) is 12.7. The van der Waals surface area contributed by atoms with Crippen molar-refractivity contribution in [3.63, 3.8) is 0 Å². The van der Waals surface area contributed by atoms with E-state index < -0.39 is 5.63 Å². The number of carbonyl (C=O) groups is 1. The van der Waals surface area contributed by atoms with Gasteiger partial charge < -0.3 is 15.5 Å². The minimum atomic E-state index is -0.537. The third-order valence-electron chi connectivity index (χ3n) is 3.47. The number of fused-ring (bicyclic) bond motifs is 1. The Morgan fingerprint density at radius 2 is 2.26 bits per heavy atom. The molecule has 0 aliphatic carbocycles. The average molecular weight is 315 g/mol. The molecule has 3 N–H and O–H groups in total. The van der Waals surface area contributed by atoms with Gasteiger partial charge in [0.25, 0.3) is 0 Å². The van der Waals surface area contributed by atoms with Crippen molar-refractivity contribution in [2.75, 3.05) is 18.8 Å². The van der Waals surface area contributed by atoms with Crippen molar-refractivity contribution >= 4 is 22.6 Å². The molecule has 0 spiro atoms. The van der Waals surface area contributed by atoms with Gasteiger partial charge in [-0.2, -0.15) is 0 Å².